The number of rotatable bonds is 4. The van der Waals surface area contributed by atoms with E-state index in [9.17, 15) is 4.79 Å². The number of nitrogens with zero attached hydrogens (tertiary/aromatic N) is 6. The molecule has 1 aliphatic rings. The Kier molecular flexibility index (Phi) is 4.46. The van der Waals surface area contributed by atoms with Crippen LogP contribution >= 0.6 is 11.7 Å². The lowest BCUT2D eigenvalue weighted by molar-refractivity contribution is 0.0633. The maximum absolute atomic E-state index is 12.7. The van der Waals surface area contributed by atoms with Gasteiger partial charge in [0.1, 0.15) is 16.9 Å². The SMILES string of the molecule is Cc1nccn1CCN1CCN(C(=O)c2ccc3nsnc3c2)CC1. The molecule has 0 radical (unpaired) electrons. The summed E-state index contributed by atoms with van der Waals surface area (Å²) in [4.78, 5) is 21.3. The molecule has 1 amide bonds. The van der Waals surface area contributed by atoms with Crippen LogP contribution in [0.1, 0.15) is 16.2 Å². The Hall–Kier alpha value is -2.32. The van der Waals surface area contributed by atoms with Crippen LogP contribution in [-0.4, -0.2) is 66.7 Å². The first-order valence-corrected chi connectivity index (χ1v) is 9.15. The fourth-order valence-corrected chi connectivity index (χ4v) is 3.68. The van der Waals surface area contributed by atoms with Crippen LogP contribution in [-0.2, 0) is 6.54 Å². The van der Waals surface area contributed by atoms with Crippen molar-refractivity contribution >= 4 is 28.7 Å². The third kappa shape index (κ3) is 3.40. The maximum atomic E-state index is 12.7. The van der Waals surface area contributed by atoms with E-state index in [1.165, 1.54) is 11.7 Å². The first kappa shape index (κ1) is 16.2. The van der Waals surface area contributed by atoms with E-state index in [0.717, 1.165) is 56.1 Å². The van der Waals surface area contributed by atoms with Crippen molar-refractivity contribution in [2.24, 2.45) is 0 Å². The number of benzene rings is 1. The number of aromatic nitrogens is 4. The second-order valence-electron chi connectivity index (χ2n) is 6.27. The van der Waals surface area contributed by atoms with Crippen LogP contribution in [0.5, 0.6) is 0 Å². The third-order valence-electron chi connectivity index (χ3n) is 4.74. The summed E-state index contributed by atoms with van der Waals surface area (Å²) in [6.07, 6.45) is 3.85. The van der Waals surface area contributed by atoms with E-state index in [4.69, 9.17) is 0 Å². The Labute approximate surface area is 150 Å². The van der Waals surface area contributed by atoms with Gasteiger partial charge in [-0.25, -0.2) is 4.98 Å². The quantitative estimate of drug-likeness (QED) is 0.711. The molecule has 1 fully saturated rings. The molecule has 2 aromatic heterocycles. The number of aryl methyl sites for hydroxylation is 1. The minimum Gasteiger partial charge on any atom is -0.336 e. The Balaban J connectivity index is 1.33. The molecule has 0 bridgehead atoms. The van der Waals surface area contributed by atoms with Gasteiger partial charge in [0.05, 0.1) is 11.7 Å². The van der Waals surface area contributed by atoms with Crippen molar-refractivity contribution in [1.29, 1.82) is 0 Å². The van der Waals surface area contributed by atoms with Crippen molar-refractivity contribution in [3.05, 3.63) is 42.0 Å². The van der Waals surface area contributed by atoms with Gasteiger partial charge in [0, 0.05) is 57.2 Å². The van der Waals surface area contributed by atoms with Gasteiger partial charge in [-0.05, 0) is 25.1 Å². The minimum absolute atomic E-state index is 0.0833. The van der Waals surface area contributed by atoms with E-state index in [1.54, 1.807) is 0 Å². The normalized spacial score (nSPS) is 15.8. The van der Waals surface area contributed by atoms with Gasteiger partial charge >= 0.3 is 0 Å². The molecule has 0 atom stereocenters. The third-order valence-corrected chi connectivity index (χ3v) is 5.30. The van der Waals surface area contributed by atoms with Crippen molar-refractivity contribution in [1.82, 2.24) is 28.1 Å². The number of carbonyl (C=O) groups is 1. The highest BCUT2D eigenvalue weighted by Gasteiger charge is 2.22. The highest BCUT2D eigenvalue weighted by molar-refractivity contribution is 7.00. The zero-order valence-corrected chi connectivity index (χ0v) is 14.9. The van der Waals surface area contributed by atoms with Crippen molar-refractivity contribution in [3.63, 3.8) is 0 Å². The largest absolute Gasteiger partial charge is 0.336 e. The number of hydrogen-bond acceptors (Lipinski definition) is 6. The van der Waals surface area contributed by atoms with Crippen LogP contribution in [0.4, 0.5) is 0 Å². The number of imidazole rings is 1. The van der Waals surface area contributed by atoms with Gasteiger partial charge < -0.3 is 9.47 Å². The van der Waals surface area contributed by atoms with E-state index >= 15 is 0 Å². The van der Waals surface area contributed by atoms with Crippen LogP contribution < -0.4 is 0 Å². The first-order chi connectivity index (χ1) is 12.2. The molecule has 0 unspecified atom stereocenters. The van der Waals surface area contributed by atoms with Crippen molar-refractivity contribution in [2.45, 2.75) is 13.5 Å². The van der Waals surface area contributed by atoms with E-state index in [-0.39, 0.29) is 5.91 Å². The summed E-state index contributed by atoms with van der Waals surface area (Å²) in [7, 11) is 0. The van der Waals surface area contributed by atoms with Gasteiger partial charge in [-0.2, -0.15) is 8.75 Å². The molecule has 8 heteroatoms. The Morgan fingerprint density at radius 3 is 2.68 bits per heavy atom. The van der Waals surface area contributed by atoms with Gasteiger partial charge in [0.2, 0.25) is 0 Å². The van der Waals surface area contributed by atoms with Crippen LogP contribution in [0.15, 0.2) is 30.6 Å². The molecule has 0 aliphatic carbocycles. The van der Waals surface area contributed by atoms with Gasteiger partial charge in [-0.1, -0.05) is 0 Å². The summed E-state index contributed by atoms with van der Waals surface area (Å²) in [6.45, 7) is 7.26. The molecule has 1 saturated heterocycles. The molecule has 3 aromatic rings. The number of piperazine rings is 1. The zero-order chi connectivity index (χ0) is 17.2. The summed E-state index contributed by atoms with van der Waals surface area (Å²) in [5, 5.41) is 0. The highest BCUT2D eigenvalue weighted by atomic mass is 32.1. The molecule has 0 saturated carbocycles. The zero-order valence-electron chi connectivity index (χ0n) is 14.1. The van der Waals surface area contributed by atoms with E-state index in [1.807, 2.05) is 42.4 Å². The van der Waals surface area contributed by atoms with Crippen LogP contribution in [0.3, 0.4) is 0 Å². The molecule has 0 spiro atoms. The van der Waals surface area contributed by atoms with Gasteiger partial charge in [-0.3, -0.25) is 9.69 Å². The second-order valence-corrected chi connectivity index (χ2v) is 6.80. The monoisotopic (exact) mass is 356 g/mol. The molecule has 1 aliphatic heterocycles. The molecular formula is C17H20N6OS. The Bertz CT molecular complexity index is 880. The number of hydrogen-bond donors (Lipinski definition) is 0. The van der Waals surface area contributed by atoms with Gasteiger partial charge in [0.25, 0.3) is 5.91 Å². The average Bonchev–Trinajstić information content (AvgIpc) is 3.27. The first-order valence-electron chi connectivity index (χ1n) is 8.42. The molecular weight excluding hydrogens is 336 g/mol. The fraction of sp³-hybridized carbons (Fsp3) is 0.412. The number of fused-ring (bicyclic) bond motifs is 1. The minimum atomic E-state index is 0.0833. The van der Waals surface area contributed by atoms with Crippen molar-refractivity contribution in [3.8, 4) is 0 Å². The summed E-state index contributed by atoms with van der Waals surface area (Å²) in [5.74, 6) is 1.13. The molecule has 25 heavy (non-hydrogen) atoms. The van der Waals surface area contributed by atoms with Crippen molar-refractivity contribution in [2.75, 3.05) is 32.7 Å². The van der Waals surface area contributed by atoms with Crippen LogP contribution in [0.2, 0.25) is 0 Å². The van der Waals surface area contributed by atoms with Crippen LogP contribution in [0, 0.1) is 6.92 Å². The topological polar surface area (TPSA) is 67.2 Å². The number of carbonyl (C=O) groups excluding carboxylic acids is 1. The fourth-order valence-electron chi connectivity index (χ4n) is 3.16. The van der Waals surface area contributed by atoms with Gasteiger partial charge in [-0.15, -0.1) is 0 Å². The summed E-state index contributed by atoms with van der Waals surface area (Å²) < 4.78 is 10.6. The van der Waals surface area contributed by atoms with Gasteiger partial charge in [0.15, 0.2) is 0 Å². The van der Waals surface area contributed by atoms with Crippen molar-refractivity contribution < 1.29 is 4.79 Å². The molecule has 0 N–H and O–H groups in total. The predicted octanol–water partition coefficient (Wildman–Crippen LogP) is 1.65. The summed E-state index contributed by atoms with van der Waals surface area (Å²) in [5.41, 5.74) is 2.34. The lowest BCUT2D eigenvalue weighted by Gasteiger charge is -2.34. The summed E-state index contributed by atoms with van der Waals surface area (Å²) >= 11 is 1.18. The molecule has 4 rings (SSSR count). The number of amides is 1. The molecule has 1 aromatic carbocycles. The van der Waals surface area contributed by atoms with Crippen LogP contribution in [0.25, 0.3) is 11.0 Å². The lowest BCUT2D eigenvalue weighted by Crippen LogP contribution is -2.49. The predicted molar refractivity (Wildman–Crippen MR) is 96.7 cm³/mol. The Morgan fingerprint density at radius 2 is 1.92 bits per heavy atom. The molecule has 7 nitrogen and oxygen atoms in total. The standard InChI is InChI=1S/C17H20N6OS/c1-13-18-4-5-22(13)9-6-21-7-10-23(11-8-21)17(24)14-2-3-15-16(12-14)20-25-19-15/h2-5,12H,6-11H2,1H3. The van der Waals surface area contributed by atoms with E-state index < -0.39 is 0 Å². The van der Waals surface area contributed by atoms with E-state index in [0.29, 0.717) is 5.56 Å². The summed E-state index contributed by atoms with van der Waals surface area (Å²) in [6, 6.07) is 5.56. The maximum Gasteiger partial charge on any atom is 0.254 e. The Morgan fingerprint density at radius 1 is 1.12 bits per heavy atom. The highest BCUT2D eigenvalue weighted by Crippen LogP contribution is 2.16. The van der Waals surface area contributed by atoms with E-state index in [2.05, 4.69) is 23.2 Å². The second kappa shape index (κ2) is 6.89. The molecule has 130 valence electrons. The molecule has 3 heterocycles. The average molecular weight is 356 g/mol. The lowest BCUT2D eigenvalue weighted by atomic mass is 10.1. The smallest absolute Gasteiger partial charge is 0.254 e.